The summed E-state index contributed by atoms with van der Waals surface area (Å²) in [7, 11) is 2.10. The number of likely N-dealkylation sites (N-methyl/N-ethyl adjacent to an activating group) is 1. The number of hydrogen-bond donors (Lipinski definition) is 2. The van der Waals surface area contributed by atoms with Crippen LogP contribution in [0, 0.1) is 0 Å². The van der Waals surface area contributed by atoms with Gasteiger partial charge in [-0.25, -0.2) is 0 Å². The molecular formula is C13H24ClN3O. The van der Waals surface area contributed by atoms with Crippen LogP contribution in [0.5, 0.6) is 0 Å². The summed E-state index contributed by atoms with van der Waals surface area (Å²) < 4.78 is 0. The summed E-state index contributed by atoms with van der Waals surface area (Å²) >= 11 is 0. The zero-order valence-corrected chi connectivity index (χ0v) is 11.8. The number of halogens is 1. The molecule has 0 aromatic carbocycles. The van der Waals surface area contributed by atoms with E-state index in [0.717, 1.165) is 0 Å². The van der Waals surface area contributed by atoms with Crippen molar-refractivity contribution in [1.29, 1.82) is 0 Å². The van der Waals surface area contributed by atoms with Crippen LogP contribution in [0.4, 0.5) is 0 Å². The van der Waals surface area contributed by atoms with Crippen molar-refractivity contribution < 1.29 is 4.79 Å². The van der Waals surface area contributed by atoms with Crippen LogP contribution >= 0.6 is 12.4 Å². The molecular weight excluding hydrogens is 250 g/mol. The molecule has 2 aliphatic heterocycles. The lowest BCUT2D eigenvalue weighted by molar-refractivity contribution is -0.122. The van der Waals surface area contributed by atoms with Crippen LogP contribution in [0.1, 0.15) is 38.5 Å². The molecule has 104 valence electrons. The molecule has 0 aromatic rings. The second-order valence-corrected chi connectivity index (χ2v) is 6.02. The van der Waals surface area contributed by atoms with Crippen LogP contribution in [0.15, 0.2) is 0 Å². The zero-order valence-electron chi connectivity index (χ0n) is 11.0. The Bertz CT molecular complexity index is 297. The van der Waals surface area contributed by atoms with Crippen molar-refractivity contribution in [2.45, 2.75) is 62.7 Å². The van der Waals surface area contributed by atoms with Gasteiger partial charge in [-0.3, -0.25) is 9.69 Å². The second-order valence-electron chi connectivity index (χ2n) is 6.02. The van der Waals surface area contributed by atoms with Gasteiger partial charge in [-0.05, 0) is 45.6 Å². The lowest BCUT2D eigenvalue weighted by Crippen LogP contribution is -2.49. The van der Waals surface area contributed by atoms with Crippen molar-refractivity contribution in [3.8, 4) is 0 Å². The van der Waals surface area contributed by atoms with Gasteiger partial charge in [0, 0.05) is 24.2 Å². The van der Waals surface area contributed by atoms with E-state index in [1.807, 2.05) is 0 Å². The van der Waals surface area contributed by atoms with Crippen molar-refractivity contribution >= 4 is 18.3 Å². The second kappa shape index (κ2) is 5.76. The van der Waals surface area contributed by atoms with Crippen molar-refractivity contribution in [2.75, 3.05) is 13.6 Å². The predicted octanol–water partition coefficient (Wildman–Crippen LogP) is 0.902. The summed E-state index contributed by atoms with van der Waals surface area (Å²) in [5.41, 5.74) is 0. The monoisotopic (exact) mass is 273 g/mol. The molecule has 1 amide bonds. The van der Waals surface area contributed by atoms with E-state index in [2.05, 4.69) is 22.6 Å². The summed E-state index contributed by atoms with van der Waals surface area (Å²) in [6.07, 6.45) is 7.42. The number of carbonyl (C=O) groups is 1. The molecule has 3 rings (SSSR count). The molecule has 2 bridgehead atoms. The SMILES string of the molecule is CN(CC(=O)NC1CC1)C1CC2CCC(C1)N2.Cl. The van der Waals surface area contributed by atoms with Gasteiger partial charge in [0.2, 0.25) is 5.91 Å². The normalized spacial score (nSPS) is 34.2. The van der Waals surface area contributed by atoms with Crippen LogP contribution in [-0.4, -0.2) is 48.6 Å². The summed E-state index contributed by atoms with van der Waals surface area (Å²) in [5.74, 6) is 0.209. The average Bonchev–Trinajstić information content (AvgIpc) is 3.03. The molecule has 0 aromatic heterocycles. The largest absolute Gasteiger partial charge is 0.352 e. The third kappa shape index (κ3) is 3.37. The molecule has 3 aliphatic rings. The molecule has 2 unspecified atom stereocenters. The molecule has 2 atom stereocenters. The molecule has 2 heterocycles. The molecule has 3 fully saturated rings. The van der Waals surface area contributed by atoms with E-state index in [0.29, 0.717) is 30.7 Å². The van der Waals surface area contributed by atoms with E-state index in [1.54, 1.807) is 0 Å². The molecule has 2 N–H and O–H groups in total. The highest BCUT2D eigenvalue weighted by molar-refractivity contribution is 5.85. The summed E-state index contributed by atoms with van der Waals surface area (Å²) in [4.78, 5) is 14.0. The highest BCUT2D eigenvalue weighted by Gasteiger charge is 2.35. The molecule has 4 nitrogen and oxygen atoms in total. The van der Waals surface area contributed by atoms with E-state index in [-0.39, 0.29) is 18.3 Å². The first-order valence-corrected chi connectivity index (χ1v) is 6.96. The average molecular weight is 274 g/mol. The van der Waals surface area contributed by atoms with Crippen molar-refractivity contribution in [3.63, 3.8) is 0 Å². The zero-order chi connectivity index (χ0) is 11.8. The highest BCUT2D eigenvalue weighted by atomic mass is 35.5. The molecule has 2 saturated heterocycles. The van der Waals surface area contributed by atoms with Crippen LogP contribution in [-0.2, 0) is 4.79 Å². The van der Waals surface area contributed by atoms with Crippen LogP contribution < -0.4 is 10.6 Å². The molecule has 1 aliphatic carbocycles. The van der Waals surface area contributed by atoms with E-state index < -0.39 is 0 Å². The highest BCUT2D eigenvalue weighted by Crippen LogP contribution is 2.29. The van der Waals surface area contributed by atoms with Crippen molar-refractivity contribution in [2.24, 2.45) is 0 Å². The Kier molecular flexibility index (Phi) is 4.51. The summed E-state index contributed by atoms with van der Waals surface area (Å²) in [6, 6.07) is 2.49. The van der Waals surface area contributed by atoms with Gasteiger partial charge in [-0.1, -0.05) is 0 Å². The van der Waals surface area contributed by atoms with Crippen LogP contribution in [0.25, 0.3) is 0 Å². The molecule has 5 heteroatoms. The lowest BCUT2D eigenvalue weighted by atomic mass is 9.98. The summed E-state index contributed by atoms with van der Waals surface area (Å²) in [5, 5.41) is 6.71. The quantitative estimate of drug-likeness (QED) is 0.800. The van der Waals surface area contributed by atoms with Gasteiger partial charge < -0.3 is 10.6 Å². The predicted molar refractivity (Wildman–Crippen MR) is 74.0 cm³/mol. The van der Waals surface area contributed by atoms with E-state index in [9.17, 15) is 4.79 Å². The number of hydrogen-bond acceptors (Lipinski definition) is 3. The summed E-state index contributed by atoms with van der Waals surface area (Å²) in [6.45, 7) is 0.570. The van der Waals surface area contributed by atoms with Gasteiger partial charge in [0.15, 0.2) is 0 Å². The van der Waals surface area contributed by atoms with E-state index >= 15 is 0 Å². The van der Waals surface area contributed by atoms with E-state index in [4.69, 9.17) is 0 Å². The number of fused-ring (bicyclic) bond motifs is 2. The maximum atomic E-state index is 11.8. The van der Waals surface area contributed by atoms with Gasteiger partial charge in [0.05, 0.1) is 6.54 Å². The van der Waals surface area contributed by atoms with Crippen LogP contribution in [0.3, 0.4) is 0 Å². The Morgan fingerprint density at radius 3 is 2.39 bits per heavy atom. The molecule has 1 saturated carbocycles. The molecule has 0 spiro atoms. The maximum absolute atomic E-state index is 11.8. The van der Waals surface area contributed by atoms with Crippen molar-refractivity contribution in [1.82, 2.24) is 15.5 Å². The Labute approximate surface area is 115 Å². The standard InChI is InChI=1S/C13H23N3O.ClH/c1-16(8-13(17)15-9-2-3-9)12-6-10-4-5-11(7-12)14-10;/h9-12,14H,2-8H2,1H3,(H,15,17);1H. The van der Waals surface area contributed by atoms with Gasteiger partial charge in [-0.15, -0.1) is 12.4 Å². The maximum Gasteiger partial charge on any atom is 0.234 e. The fraction of sp³-hybridized carbons (Fsp3) is 0.923. The number of carbonyl (C=O) groups excluding carboxylic acids is 1. The number of nitrogens with zero attached hydrogens (tertiary/aromatic N) is 1. The smallest absolute Gasteiger partial charge is 0.234 e. The Balaban J connectivity index is 0.00000120. The topological polar surface area (TPSA) is 44.4 Å². The minimum atomic E-state index is 0. The molecule has 18 heavy (non-hydrogen) atoms. The Morgan fingerprint density at radius 1 is 1.22 bits per heavy atom. The van der Waals surface area contributed by atoms with Crippen LogP contribution in [0.2, 0.25) is 0 Å². The van der Waals surface area contributed by atoms with Gasteiger partial charge >= 0.3 is 0 Å². The number of rotatable bonds is 4. The first kappa shape index (κ1) is 14.1. The Morgan fingerprint density at radius 2 is 1.83 bits per heavy atom. The van der Waals surface area contributed by atoms with Crippen molar-refractivity contribution in [3.05, 3.63) is 0 Å². The fourth-order valence-corrected chi connectivity index (χ4v) is 3.24. The lowest BCUT2D eigenvalue weighted by Gasteiger charge is -2.35. The fourth-order valence-electron chi connectivity index (χ4n) is 3.24. The molecule has 0 radical (unpaired) electrons. The Hall–Kier alpha value is -0.320. The third-order valence-electron chi connectivity index (χ3n) is 4.41. The first-order chi connectivity index (χ1) is 8.20. The number of piperidine rings is 1. The van der Waals surface area contributed by atoms with Gasteiger partial charge in [0.1, 0.15) is 0 Å². The number of amides is 1. The third-order valence-corrected chi connectivity index (χ3v) is 4.41. The van der Waals surface area contributed by atoms with Gasteiger partial charge in [0.25, 0.3) is 0 Å². The minimum absolute atomic E-state index is 0. The van der Waals surface area contributed by atoms with Gasteiger partial charge in [-0.2, -0.15) is 0 Å². The van der Waals surface area contributed by atoms with E-state index in [1.165, 1.54) is 38.5 Å². The first-order valence-electron chi connectivity index (χ1n) is 6.96. The minimum Gasteiger partial charge on any atom is -0.352 e. The number of nitrogens with one attached hydrogen (secondary N) is 2.